The van der Waals surface area contributed by atoms with Gasteiger partial charge in [0, 0.05) is 37.9 Å². The zero-order chi connectivity index (χ0) is 13.9. The molecule has 0 aliphatic heterocycles. The van der Waals surface area contributed by atoms with E-state index in [1.54, 1.807) is 0 Å². The lowest BCUT2D eigenvalue weighted by atomic mass is 10.1. The van der Waals surface area contributed by atoms with Crippen LogP contribution in [0.3, 0.4) is 0 Å². The van der Waals surface area contributed by atoms with E-state index >= 15 is 0 Å². The first kappa shape index (κ1) is 14.8. The van der Waals surface area contributed by atoms with E-state index in [1.807, 2.05) is 37.4 Å². The summed E-state index contributed by atoms with van der Waals surface area (Å²) >= 11 is 0. The SMILES string of the molecule is c1cn(CCCCCCCCCCn2ccnc2)cn1. The van der Waals surface area contributed by atoms with Crippen LogP contribution in [-0.2, 0) is 13.1 Å². The summed E-state index contributed by atoms with van der Waals surface area (Å²) in [4.78, 5) is 8.11. The van der Waals surface area contributed by atoms with Crippen molar-refractivity contribution in [2.24, 2.45) is 0 Å². The summed E-state index contributed by atoms with van der Waals surface area (Å²) in [5, 5.41) is 0. The smallest absolute Gasteiger partial charge is 0.0945 e. The Morgan fingerprint density at radius 2 is 0.950 bits per heavy atom. The van der Waals surface area contributed by atoms with Crippen molar-refractivity contribution < 1.29 is 0 Å². The van der Waals surface area contributed by atoms with E-state index in [2.05, 4.69) is 19.1 Å². The van der Waals surface area contributed by atoms with Crippen molar-refractivity contribution >= 4 is 0 Å². The first-order valence-electron chi connectivity index (χ1n) is 7.86. The summed E-state index contributed by atoms with van der Waals surface area (Å²) < 4.78 is 4.33. The molecule has 0 aliphatic carbocycles. The molecule has 0 amide bonds. The third-order valence-electron chi connectivity index (χ3n) is 3.70. The van der Waals surface area contributed by atoms with Crippen LogP contribution < -0.4 is 0 Å². The lowest BCUT2D eigenvalue weighted by Gasteiger charge is -2.04. The molecule has 2 aromatic heterocycles. The van der Waals surface area contributed by atoms with Gasteiger partial charge in [0.2, 0.25) is 0 Å². The second-order valence-corrected chi connectivity index (χ2v) is 5.43. The quantitative estimate of drug-likeness (QED) is 0.583. The van der Waals surface area contributed by atoms with Crippen LogP contribution in [0.25, 0.3) is 0 Å². The van der Waals surface area contributed by atoms with Gasteiger partial charge < -0.3 is 9.13 Å². The molecule has 0 bridgehead atoms. The van der Waals surface area contributed by atoms with E-state index < -0.39 is 0 Å². The molecule has 0 radical (unpaired) electrons. The molecule has 0 aromatic carbocycles. The van der Waals surface area contributed by atoms with Gasteiger partial charge in [-0.05, 0) is 12.8 Å². The Labute approximate surface area is 121 Å². The molecule has 0 saturated heterocycles. The fourth-order valence-electron chi connectivity index (χ4n) is 2.49. The molecule has 0 atom stereocenters. The van der Waals surface area contributed by atoms with Crippen LogP contribution in [0.4, 0.5) is 0 Å². The van der Waals surface area contributed by atoms with Gasteiger partial charge >= 0.3 is 0 Å². The predicted octanol–water partition coefficient (Wildman–Crippen LogP) is 3.90. The predicted molar refractivity (Wildman–Crippen MR) is 81.4 cm³/mol. The molecule has 110 valence electrons. The van der Waals surface area contributed by atoms with Crippen molar-refractivity contribution in [1.29, 1.82) is 0 Å². The maximum atomic E-state index is 4.05. The molecule has 0 spiro atoms. The number of hydrogen-bond donors (Lipinski definition) is 0. The average molecular weight is 274 g/mol. The molecule has 0 N–H and O–H groups in total. The van der Waals surface area contributed by atoms with Crippen molar-refractivity contribution in [3.8, 4) is 0 Å². The number of hydrogen-bond acceptors (Lipinski definition) is 2. The van der Waals surface area contributed by atoms with Gasteiger partial charge in [0.05, 0.1) is 12.7 Å². The molecule has 2 heterocycles. The third kappa shape index (κ3) is 6.04. The highest BCUT2D eigenvalue weighted by molar-refractivity contribution is 4.74. The Morgan fingerprint density at radius 1 is 0.550 bits per heavy atom. The Bertz CT molecular complexity index is 377. The third-order valence-corrected chi connectivity index (χ3v) is 3.70. The minimum Gasteiger partial charge on any atom is -0.337 e. The van der Waals surface area contributed by atoms with Crippen molar-refractivity contribution in [1.82, 2.24) is 19.1 Å². The number of imidazole rings is 2. The van der Waals surface area contributed by atoms with Gasteiger partial charge in [-0.1, -0.05) is 38.5 Å². The summed E-state index contributed by atoms with van der Waals surface area (Å²) in [5.74, 6) is 0. The Hall–Kier alpha value is -1.58. The van der Waals surface area contributed by atoms with Crippen molar-refractivity contribution in [2.75, 3.05) is 0 Å². The minimum absolute atomic E-state index is 1.12. The fraction of sp³-hybridized carbons (Fsp3) is 0.625. The maximum absolute atomic E-state index is 4.05. The lowest BCUT2D eigenvalue weighted by molar-refractivity contribution is 0.526. The van der Waals surface area contributed by atoms with Crippen LogP contribution in [0.1, 0.15) is 51.4 Å². The number of aryl methyl sites for hydroxylation is 2. The van der Waals surface area contributed by atoms with Gasteiger partial charge in [-0.15, -0.1) is 0 Å². The van der Waals surface area contributed by atoms with Gasteiger partial charge in [0.1, 0.15) is 0 Å². The van der Waals surface area contributed by atoms with E-state index in [1.165, 1.54) is 51.4 Å². The largest absolute Gasteiger partial charge is 0.337 e. The van der Waals surface area contributed by atoms with E-state index in [0.29, 0.717) is 0 Å². The highest BCUT2D eigenvalue weighted by Crippen LogP contribution is 2.09. The van der Waals surface area contributed by atoms with Crippen molar-refractivity contribution in [3.05, 3.63) is 37.4 Å². The van der Waals surface area contributed by atoms with E-state index in [-0.39, 0.29) is 0 Å². The summed E-state index contributed by atoms with van der Waals surface area (Å²) in [6.07, 6.45) is 22.3. The standard InChI is InChI=1S/C16H26N4/c1(3-5-7-11-19-13-9-17-15-19)2-4-6-8-12-20-14-10-18-16-20/h9-10,13-16H,1-8,11-12H2. The monoisotopic (exact) mass is 274 g/mol. The normalized spacial score (nSPS) is 11.0. The highest BCUT2D eigenvalue weighted by atomic mass is 15.0. The molecule has 0 unspecified atom stereocenters. The van der Waals surface area contributed by atoms with E-state index in [0.717, 1.165) is 13.1 Å². The van der Waals surface area contributed by atoms with Crippen molar-refractivity contribution in [3.63, 3.8) is 0 Å². The number of rotatable bonds is 11. The molecule has 0 saturated carbocycles. The van der Waals surface area contributed by atoms with Crippen LogP contribution in [-0.4, -0.2) is 19.1 Å². The summed E-state index contributed by atoms with van der Waals surface area (Å²) in [7, 11) is 0. The average Bonchev–Trinajstić information content (AvgIpc) is 3.14. The molecule has 4 heteroatoms. The van der Waals surface area contributed by atoms with E-state index in [9.17, 15) is 0 Å². The molecular weight excluding hydrogens is 248 g/mol. The second kappa shape index (κ2) is 9.34. The summed E-state index contributed by atoms with van der Waals surface area (Å²) in [6, 6.07) is 0. The zero-order valence-electron chi connectivity index (χ0n) is 12.3. The first-order valence-corrected chi connectivity index (χ1v) is 7.86. The second-order valence-electron chi connectivity index (χ2n) is 5.43. The van der Waals surface area contributed by atoms with Gasteiger partial charge in [-0.3, -0.25) is 0 Å². The number of unbranched alkanes of at least 4 members (excludes halogenated alkanes) is 7. The highest BCUT2D eigenvalue weighted by Gasteiger charge is 1.94. The number of aromatic nitrogens is 4. The number of nitrogens with zero attached hydrogens (tertiary/aromatic N) is 4. The molecular formula is C16H26N4. The summed E-state index contributed by atoms with van der Waals surface area (Å²) in [6.45, 7) is 2.23. The maximum Gasteiger partial charge on any atom is 0.0945 e. The Kier molecular flexibility index (Phi) is 6.92. The zero-order valence-corrected chi connectivity index (χ0v) is 12.3. The molecule has 0 fully saturated rings. The molecule has 2 rings (SSSR count). The summed E-state index contributed by atoms with van der Waals surface area (Å²) in [5.41, 5.74) is 0. The molecule has 20 heavy (non-hydrogen) atoms. The van der Waals surface area contributed by atoms with Crippen LogP contribution in [0.2, 0.25) is 0 Å². The topological polar surface area (TPSA) is 35.6 Å². The molecule has 4 nitrogen and oxygen atoms in total. The first-order chi connectivity index (χ1) is 9.95. The van der Waals surface area contributed by atoms with Crippen molar-refractivity contribution in [2.45, 2.75) is 64.5 Å². The van der Waals surface area contributed by atoms with Crippen LogP contribution >= 0.6 is 0 Å². The van der Waals surface area contributed by atoms with Gasteiger partial charge in [-0.2, -0.15) is 0 Å². The lowest BCUT2D eigenvalue weighted by Crippen LogP contribution is -1.94. The van der Waals surface area contributed by atoms with E-state index in [4.69, 9.17) is 0 Å². The minimum atomic E-state index is 1.12. The Balaban J connectivity index is 1.33. The van der Waals surface area contributed by atoms with Crippen LogP contribution in [0.5, 0.6) is 0 Å². The van der Waals surface area contributed by atoms with Crippen LogP contribution in [0.15, 0.2) is 37.4 Å². The molecule has 0 aliphatic rings. The molecule has 2 aromatic rings. The van der Waals surface area contributed by atoms with Gasteiger partial charge in [-0.25, -0.2) is 9.97 Å². The Morgan fingerprint density at radius 3 is 1.30 bits per heavy atom. The fourth-order valence-corrected chi connectivity index (χ4v) is 2.49. The van der Waals surface area contributed by atoms with Gasteiger partial charge in [0.25, 0.3) is 0 Å². The van der Waals surface area contributed by atoms with Crippen LogP contribution in [0, 0.1) is 0 Å². The van der Waals surface area contributed by atoms with Gasteiger partial charge in [0.15, 0.2) is 0 Å².